The predicted molar refractivity (Wildman–Crippen MR) is 74.4 cm³/mol. The van der Waals surface area contributed by atoms with Crippen molar-refractivity contribution in [2.45, 2.75) is 26.4 Å². The van der Waals surface area contributed by atoms with Crippen molar-refractivity contribution in [1.82, 2.24) is 15.1 Å². The lowest BCUT2D eigenvalue weighted by Gasteiger charge is -2.18. The van der Waals surface area contributed by atoms with Crippen molar-refractivity contribution >= 4 is 11.3 Å². The van der Waals surface area contributed by atoms with E-state index in [9.17, 15) is 0 Å². The molecule has 2 aromatic heterocycles. The minimum absolute atomic E-state index is 0.127. The molecule has 2 rings (SSSR count). The van der Waals surface area contributed by atoms with Crippen LogP contribution in [0.5, 0.6) is 5.75 Å². The molecular formula is C13H19N3OS. The van der Waals surface area contributed by atoms with Crippen molar-refractivity contribution in [2.75, 3.05) is 14.2 Å². The zero-order chi connectivity index (χ0) is 13.1. The number of nitrogens with one attached hydrogen (secondary N) is 1. The molecule has 0 aliphatic heterocycles. The van der Waals surface area contributed by atoms with Crippen LogP contribution in [-0.2, 0) is 6.54 Å². The van der Waals surface area contributed by atoms with E-state index in [1.54, 1.807) is 24.6 Å². The van der Waals surface area contributed by atoms with Gasteiger partial charge in [-0.15, -0.1) is 11.3 Å². The van der Waals surface area contributed by atoms with Gasteiger partial charge >= 0.3 is 0 Å². The Balaban J connectivity index is 2.50. The molecule has 0 radical (unpaired) electrons. The highest BCUT2D eigenvalue weighted by atomic mass is 32.1. The summed E-state index contributed by atoms with van der Waals surface area (Å²) in [5.74, 6) is 0.837. The van der Waals surface area contributed by atoms with Gasteiger partial charge < -0.3 is 10.1 Å². The Bertz CT molecular complexity index is 497. The van der Waals surface area contributed by atoms with Gasteiger partial charge in [0, 0.05) is 11.4 Å². The Morgan fingerprint density at radius 3 is 2.83 bits per heavy atom. The van der Waals surface area contributed by atoms with Gasteiger partial charge in [0.25, 0.3) is 0 Å². The maximum atomic E-state index is 5.43. The van der Waals surface area contributed by atoms with Crippen LogP contribution >= 0.6 is 11.3 Å². The zero-order valence-electron chi connectivity index (χ0n) is 11.2. The number of ether oxygens (including phenoxy) is 1. The maximum Gasteiger partial charge on any atom is 0.161 e. The van der Waals surface area contributed by atoms with Gasteiger partial charge in [-0.1, -0.05) is 0 Å². The van der Waals surface area contributed by atoms with Crippen molar-refractivity contribution < 1.29 is 4.74 Å². The molecule has 0 saturated carbocycles. The molecule has 0 aliphatic carbocycles. The van der Waals surface area contributed by atoms with E-state index in [2.05, 4.69) is 35.7 Å². The predicted octanol–water partition coefficient (Wildman–Crippen LogP) is 2.59. The molecule has 0 fully saturated rings. The largest absolute Gasteiger partial charge is 0.493 e. The highest BCUT2D eigenvalue weighted by Crippen LogP contribution is 2.34. The first-order valence-corrected chi connectivity index (χ1v) is 6.91. The van der Waals surface area contributed by atoms with Gasteiger partial charge in [0.1, 0.15) is 5.69 Å². The van der Waals surface area contributed by atoms with Crippen molar-refractivity contribution in [3.8, 4) is 5.75 Å². The number of thiophene rings is 1. The molecule has 0 aromatic carbocycles. The van der Waals surface area contributed by atoms with E-state index in [1.165, 1.54) is 10.4 Å². The first-order chi connectivity index (χ1) is 8.72. The van der Waals surface area contributed by atoms with Crippen molar-refractivity contribution in [3.05, 3.63) is 33.8 Å². The van der Waals surface area contributed by atoms with Crippen LogP contribution in [0, 0.1) is 6.92 Å². The summed E-state index contributed by atoms with van der Waals surface area (Å²) >= 11 is 1.76. The second-order valence-electron chi connectivity index (χ2n) is 4.10. The lowest BCUT2D eigenvalue weighted by molar-refractivity contribution is 0.401. The molecule has 5 heteroatoms. The van der Waals surface area contributed by atoms with E-state index in [4.69, 9.17) is 4.74 Å². The molecule has 2 aromatic rings. The quantitative estimate of drug-likeness (QED) is 0.903. The molecule has 1 N–H and O–H groups in total. The SMILES string of the molecule is CCn1ncc(OC)c1C(NC)c1sccc1C. The molecule has 2 heterocycles. The number of aryl methyl sites for hydroxylation is 2. The van der Waals surface area contributed by atoms with Gasteiger partial charge in [-0.3, -0.25) is 4.68 Å². The van der Waals surface area contributed by atoms with E-state index < -0.39 is 0 Å². The van der Waals surface area contributed by atoms with Crippen molar-refractivity contribution in [3.63, 3.8) is 0 Å². The summed E-state index contributed by atoms with van der Waals surface area (Å²) in [6, 6.07) is 2.27. The average Bonchev–Trinajstić information content (AvgIpc) is 2.98. The fraction of sp³-hybridized carbons (Fsp3) is 0.462. The van der Waals surface area contributed by atoms with Gasteiger partial charge in [0.15, 0.2) is 5.75 Å². The van der Waals surface area contributed by atoms with Gasteiger partial charge in [-0.25, -0.2) is 0 Å². The van der Waals surface area contributed by atoms with E-state index in [-0.39, 0.29) is 6.04 Å². The molecule has 0 amide bonds. The van der Waals surface area contributed by atoms with Gasteiger partial charge in [-0.05, 0) is 37.9 Å². The molecule has 1 unspecified atom stereocenters. The zero-order valence-corrected chi connectivity index (χ0v) is 12.0. The van der Waals surface area contributed by atoms with Crippen LogP contribution in [0.15, 0.2) is 17.6 Å². The average molecular weight is 265 g/mol. The fourth-order valence-electron chi connectivity index (χ4n) is 2.15. The van der Waals surface area contributed by atoms with Crippen molar-refractivity contribution in [1.29, 1.82) is 0 Å². The molecule has 0 bridgehead atoms. The molecule has 0 spiro atoms. The standard InChI is InChI=1S/C13H19N3OS/c1-5-16-12(10(17-4)8-15-16)11(14-3)13-9(2)6-7-18-13/h6-8,11,14H,5H2,1-4H3. The highest BCUT2D eigenvalue weighted by molar-refractivity contribution is 7.10. The summed E-state index contributed by atoms with van der Waals surface area (Å²) in [5.41, 5.74) is 2.39. The Hall–Kier alpha value is -1.33. The molecule has 98 valence electrons. The van der Waals surface area contributed by atoms with E-state index >= 15 is 0 Å². The Labute approximate surface area is 112 Å². The first-order valence-electron chi connectivity index (χ1n) is 6.03. The van der Waals surface area contributed by atoms with Crippen LogP contribution in [-0.4, -0.2) is 23.9 Å². The Morgan fingerprint density at radius 2 is 2.33 bits per heavy atom. The van der Waals surface area contributed by atoms with Crippen LogP contribution in [0.3, 0.4) is 0 Å². The van der Waals surface area contributed by atoms with Gasteiger partial charge in [0.05, 0.1) is 19.3 Å². The Morgan fingerprint density at radius 1 is 1.56 bits per heavy atom. The van der Waals surface area contributed by atoms with Crippen molar-refractivity contribution in [2.24, 2.45) is 0 Å². The third kappa shape index (κ3) is 2.15. The third-order valence-corrected chi connectivity index (χ3v) is 4.17. The van der Waals surface area contributed by atoms with Crippen LogP contribution in [0.2, 0.25) is 0 Å². The highest BCUT2D eigenvalue weighted by Gasteiger charge is 2.23. The molecule has 0 aliphatic rings. The summed E-state index contributed by atoms with van der Waals surface area (Å²) in [6.45, 7) is 5.06. The lowest BCUT2D eigenvalue weighted by Crippen LogP contribution is -2.21. The minimum Gasteiger partial charge on any atom is -0.493 e. The second kappa shape index (κ2) is 5.54. The Kier molecular flexibility index (Phi) is 4.04. The van der Waals surface area contributed by atoms with E-state index in [1.807, 2.05) is 11.7 Å². The fourth-order valence-corrected chi connectivity index (χ4v) is 3.19. The smallest absolute Gasteiger partial charge is 0.161 e. The molecule has 0 saturated heterocycles. The number of hydrogen-bond acceptors (Lipinski definition) is 4. The van der Waals surface area contributed by atoms with E-state index in [0.29, 0.717) is 0 Å². The molecular weight excluding hydrogens is 246 g/mol. The first kappa shape index (κ1) is 13.1. The number of methoxy groups -OCH3 is 1. The van der Waals surface area contributed by atoms with Crippen LogP contribution in [0.4, 0.5) is 0 Å². The summed E-state index contributed by atoms with van der Waals surface area (Å²) in [5, 5.41) is 9.86. The molecule has 4 nitrogen and oxygen atoms in total. The van der Waals surface area contributed by atoms with Crippen LogP contribution in [0.1, 0.15) is 29.1 Å². The topological polar surface area (TPSA) is 39.1 Å². The summed E-state index contributed by atoms with van der Waals surface area (Å²) < 4.78 is 7.42. The summed E-state index contributed by atoms with van der Waals surface area (Å²) in [7, 11) is 3.66. The normalized spacial score (nSPS) is 12.7. The number of hydrogen-bond donors (Lipinski definition) is 1. The number of nitrogens with zero attached hydrogens (tertiary/aromatic N) is 2. The minimum atomic E-state index is 0.127. The van der Waals surface area contributed by atoms with Gasteiger partial charge in [-0.2, -0.15) is 5.10 Å². The number of aromatic nitrogens is 2. The molecule has 18 heavy (non-hydrogen) atoms. The van der Waals surface area contributed by atoms with Gasteiger partial charge in [0.2, 0.25) is 0 Å². The monoisotopic (exact) mass is 265 g/mol. The summed E-state index contributed by atoms with van der Waals surface area (Å²) in [6.07, 6.45) is 1.78. The second-order valence-corrected chi connectivity index (χ2v) is 5.05. The van der Waals surface area contributed by atoms with E-state index in [0.717, 1.165) is 18.0 Å². The lowest BCUT2D eigenvalue weighted by atomic mass is 10.1. The van der Waals surface area contributed by atoms with Crippen LogP contribution < -0.4 is 10.1 Å². The van der Waals surface area contributed by atoms with Crippen LogP contribution in [0.25, 0.3) is 0 Å². The maximum absolute atomic E-state index is 5.43. The molecule has 1 atom stereocenters. The summed E-state index contributed by atoms with van der Waals surface area (Å²) in [4.78, 5) is 1.31. The third-order valence-electron chi connectivity index (χ3n) is 3.09. The number of rotatable bonds is 5.